The Hall–Kier alpha value is -7.53. The number of rotatable bonds is 7. The average molecular weight is 770 g/mol. The minimum absolute atomic E-state index is 0.705. The summed E-state index contributed by atoms with van der Waals surface area (Å²) >= 11 is 1.83. The Balaban J connectivity index is 0.945. The fourth-order valence-corrected chi connectivity index (χ4v) is 9.38. The van der Waals surface area contributed by atoms with Crippen molar-refractivity contribution in [2.45, 2.75) is 0 Å². The van der Waals surface area contributed by atoms with Gasteiger partial charge in [0.05, 0.1) is 27.3 Å². The van der Waals surface area contributed by atoms with Crippen LogP contribution in [0.25, 0.3) is 110 Å². The zero-order chi connectivity index (χ0) is 39.1. The van der Waals surface area contributed by atoms with Crippen LogP contribution in [-0.4, -0.2) is 15.0 Å². The van der Waals surface area contributed by atoms with Gasteiger partial charge < -0.3 is 0 Å². The molecule has 3 nitrogen and oxygen atoms in total. The number of aromatic nitrogens is 3. The summed E-state index contributed by atoms with van der Waals surface area (Å²) in [6, 6.07) is 74.9. The maximum Gasteiger partial charge on any atom is 0.160 e. The number of pyridine rings is 1. The summed E-state index contributed by atoms with van der Waals surface area (Å²) in [6.07, 6.45) is 0. The maximum atomic E-state index is 5.38. The molecule has 0 saturated carbocycles. The number of fused-ring (bicyclic) bond motifs is 5. The Bertz CT molecular complexity index is 3270. The van der Waals surface area contributed by atoms with Gasteiger partial charge in [0, 0.05) is 43.1 Å². The van der Waals surface area contributed by atoms with E-state index in [9.17, 15) is 0 Å². The molecule has 0 bridgehead atoms. The number of hydrogen-bond acceptors (Lipinski definition) is 4. The van der Waals surface area contributed by atoms with Crippen LogP contribution in [0.4, 0.5) is 0 Å². The second kappa shape index (κ2) is 14.8. The van der Waals surface area contributed by atoms with E-state index in [0.717, 1.165) is 56.0 Å². The molecule has 0 N–H and O–H groups in total. The van der Waals surface area contributed by atoms with Crippen LogP contribution in [0.2, 0.25) is 0 Å². The highest BCUT2D eigenvalue weighted by atomic mass is 32.1. The molecule has 0 unspecified atom stereocenters. The Labute approximate surface area is 346 Å². The second-order valence-corrected chi connectivity index (χ2v) is 15.8. The molecule has 0 saturated heterocycles. The van der Waals surface area contributed by atoms with Crippen LogP contribution in [0.3, 0.4) is 0 Å². The molecule has 0 aliphatic heterocycles. The number of benzene rings is 8. The van der Waals surface area contributed by atoms with Crippen LogP contribution >= 0.6 is 11.3 Å². The molecule has 3 aromatic heterocycles. The van der Waals surface area contributed by atoms with Crippen molar-refractivity contribution in [1.82, 2.24) is 15.0 Å². The monoisotopic (exact) mass is 769 g/mol. The summed E-state index contributed by atoms with van der Waals surface area (Å²) in [7, 11) is 0. The maximum absolute atomic E-state index is 5.38. The molecule has 0 aliphatic rings. The highest BCUT2D eigenvalue weighted by Gasteiger charge is 2.19. The topological polar surface area (TPSA) is 38.7 Å². The predicted molar refractivity (Wildman–Crippen MR) is 248 cm³/mol. The van der Waals surface area contributed by atoms with E-state index in [1.54, 1.807) is 0 Å². The summed E-state index contributed by atoms with van der Waals surface area (Å²) in [5.74, 6) is 0.705. The first-order valence-corrected chi connectivity index (χ1v) is 20.7. The van der Waals surface area contributed by atoms with Crippen LogP contribution < -0.4 is 0 Å². The highest BCUT2D eigenvalue weighted by Crippen LogP contribution is 2.45. The van der Waals surface area contributed by atoms with Gasteiger partial charge in [0.25, 0.3) is 0 Å². The van der Waals surface area contributed by atoms with Crippen molar-refractivity contribution < 1.29 is 0 Å². The predicted octanol–water partition coefficient (Wildman–Crippen LogP) is 15.1. The quantitative estimate of drug-likeness (QED) is 0.162. The summed E-state index contributed by atoms with van der Waals surface area (Å²) in [5, 5.41) is 3.75. The highest BCUT2D eigenvalue weighted by molar-refractivity contribution is 7.26. The molecule has 3 heterocycles. The van der Waals surface area contributed by atoms with Crippen molar-refractivity contribution in [3.8, 4) is 78.5 Å². The van der Waals surface area contributed by atoms with Gasteiger partial charge in [-0.2, -0.15) is 0 Å². The van der Waals surface area contributed by atoms with E-state index in [0.29, 0.717) is 5.82 Å². The van der Waals surface area contributed by atoms with E-state index in [1.807, 2.05) is 35.6 Å². The van der Waals surface area contributed by atoms with Crippen LogP contribution in [0, 0.1) is 0 Å². The van der Waals surface area contributed by atoms with Crippen molar-refractivity contribution >= 4 is 42.4 Å². The standard InChI is InChI=1S/C55H35N3S/c1-4-13-36(14-5-1)37-23-29-41(30-24-37)48-35-49(58-55(57-48)44-17-8-3-9-18-44)42-31-25-38(26-32-42)39-27-33-43(34-28-39)53-54-52(46-19-10-11-22-50(46)59-54)51-45(20-12-21-47(51)56-53)40-15-6-2-7-16-40/h1-35H. The lowest BCUT2D eigenvalue weighted by Crippen LogP contribution is -1.96. The van der Waals surface area contributed by atoms with Crippen LogP contribution in [0.15, 0.2) is 212 Å². The molecule has 0 radical (unpaired) electrons. The first kappa shape index (κ1) is 34.7. The number of hydrogen-bond donors (Lipinski definition) is 0. The zero-order valence-corrected chi connectivity index (χ0v) is 32.8. The van der Waals surface area contributed by atoms with Gasteiger partial charge in [0.1, 0.15) is 0 Å². The molecule has 0 aliphatic carbocycles. The van der Waals surface area contributed by atoms with Crippen molar-refractivity contribution in [1.29, 1.82) is 0 Å². The molecule has 11 rings (SSSR count). The number of nitrogens with zero attached hydrogens (tertiary/aromatic N) is 3. The van der Waals surface area contributed by atoms with Crippen LogP contribution in [-0.2, 0) is 0 Å². The summed E-state index contributed by atoms with van der Waals surface area (Å²) in [4.78, 5) is 15.5. The number of thiophene rings is 1. The molecular weight excluding hydrogens is 735 g/mol. The van der Waals surface area contributed by atoms with E-state index in [1.165, 1.54) is 47.8 Å². The van der Waals surface area contributed by atoms with E-state index < -0.39 is 0 Å². The average Bonchev–Trinajstić information content (AvgIpc) is 3.72. The normalized spacial score (nSPS) is 11.4. The smallest absolute Gasteiger partial charge is 0.160 e. The van der Waals surface area contributed by atoms with Gasteiger partial charge in [-0.15, -0.1) is 11.3 Å². The van der Waals surface area contributed by atoms with E-state index in [2.05, 4.69) is 188 Å². The Morgan fingerprint density at radius 2 is 0.797 bits per heavy atom. The molecule has 0 spiro atoms. The molecule has 8 aromatic carbocycles. The first-order valence-electron chi connectivity index (χ1n) is 19.8. The molecule has 4 heteroatoms. The first-order chi connectivity index (χ1) is 29.2. The van der Waals surface area contributed by atoms with Gasteiger partial charge >= 0.3 is 0 Å². The Morgan fingerprint density at radius 1 is 0.322 bits per heavy atom. The largest absolute Gasteiger partial charge is 0.246 e. The van der Waals surface area contributed by atoms with Crippen molar-refractivity contribution in [2.24, 2.45) is 0 Å². The lowest BCUT2D eigenvalue weighted by molar-refractivity contribution is 1.18. The Morgan fingerprint density at radius 3 is 1.39 bits per heavy atom. The van der Waals surface area contributed by atoms with Crippen molar-refractivity contribution in [3.63, 3.8) is 0 Å². The summed E-state index contributed by atoms with van der Waals surface area (Å²) in [6.45, 7) is 0. The molecular formula is C55H35N3S. The zero-order valence-electron chi connectivity index (χ0n) is 32.0. The minimum atomic E-state index is 0.705. The third kappa shape index (κ3) is 6.46. The molecule has 0 fully saturated rings. The SMILES string of the molecule is c1ccc(-c2ccc(-c3cc(-c4ccc(-c5ccc(-c6nc7cccc(-c8ccccc8)c7c7c6sc6ccccc67)cc5)cc4)nc(-c4ccccc4)n3)cc2)cc1. The summed E-state index contributed by atoms with van der Waals surface area (Å²) < 4.78 is 2.48. The third-order valence-corrected chi connectivity index (χ3v) is 12.3. The van der Waals surface area contributed by atoms with E-state index in [-0.39, 0.29) is 0 Å². The molecule has 0 amide bonds. The fourth-order valence-electron chi connectivity index (χ4n) is 8.16. The van der Waals surface area contributed by atoms with Crippen molar-refractivity contribution in [2.75, 3.05) is 0 Å². The van der Waals surface area contributed by atoms with E-state index in [4.69, 9.17) is 15.0 Å². The Kier molecular flexibility index (Phi) is 8.68. The third-order valence-electron chi connectivity index (χ3n) is 11.1. The van der Waals surface area contributed by atoms with Gasteiger partial charge in [-0.1, -0.05) is 194 Å². The van der Waals surface area contributed by atoms with Gasteiger partial charge in [-0.3, -0.25) is 0 Å². The molecule has 59 heavy (non-hydrogen) atoms. The molecule has 276 valence electrons. The minimum Gasteiger partial charge on any atom is -0.246 e. The summed E-state index contributed by atoms with van der Waals surface area (Å²) in [5.41, 5.74) is 15.0. The molecule has 11 aromatic rings. The fraction of sp³-hybridized carbons (Fsp3) is 0. The lowest BCUT2D eigenvalue weighted by atomic mass is 9.95. The van der Waals surface area contributed by atoms with Crippen LogP contribution in [0.1, 0.15) is 0 Å². The van der Waals surface area contributed by atoms with Crippen LogP contribution in [0.5, 0.6) is 0 Å². The lowest BCUT2D eigenvalue weighted by Gasteiger charge is -2.12. The van der Waals surface area contributed by atoms with Gasteiger partial charge in [-0.05, 0) is 51.6 Å². The van der Waals surface area contributed by atoms with Gasteiger partial charge in [0.15, 0.2) is 5.82 Å². The second-order valence-electron chi connectivity index (χ2n) is 14.8. The van der Waals surface area contributed by atoms with E-state index >= 15 is 0 Å². The van der Waals surface area contributed by atoms with Gasteiger partial charge in [-0.25, -0.2) is 15.0 Å². The van der Waals surface area contributed by atoms with Crippen molar-refractivity contribution in [3.05, 3.63) is 212 Å². The van der Waals surface area contributed by atoms with Gasteiger partial charge in [0.2, 0.25) is 0 Å². The molecule has 0 atom stereocenters.